The maximum atomic E-state index is 13.2. The van der Waals surface area contributed by atoms with Crippen molar-refractivity contribution >= 4 is 11.6 Å². The average Bonchev–Trinajstić information content (AvgIpc) is 3.07. The molecule has 0 radical (unpaired) electrons. The highest BCUT2D eigenvalue weighted by atomic mass is 16.2. The molecular formula is C32H34O2. The summed E-state index contributed by atoms with van der Waals surface area (Å²) in [5.41, 5.74) is 5.55. The van der Waals surface area contributed by atoms with E-state index in [1.165, 1.54) is 0 Å². The largest absolute Gasteiger partial charge is 0.298 e. The molecule has 174 valence electrons. The summed E-state index contributed by atoms with van der Waals surface area (Å²) in [7, 11) is 0. The van der Waals surface area contributed by atoms with E-state index < -0.39 is 5.92 Å². The van der Waals surface area contributed by atoms with Crippen LogP contribution in [-0.4, -0.2) is 11.6 Å². The second kappa shape index (κ2) is 13.2. The first-order valence-corrected chi connectivity index (χ1v) is 11.7. The molecule has 1 aliphatic rings. The van der Waals surface area contributed by atoms with Gasteiger partial charge in [-0.15, -0.1) is 18.9 Å². The van der Waals surface area contributed by atoms with Gasteiger partial charge in [-0.3, -0.25) is 9.59 Å². The van der Waals surface area contributed by atoms with E-state index in [0.717, 1.165) is 59.1 Å². The van der Waals surface area contributed by atoms with Gasteiger partial charge in [-0.25, -0.2) is 0 Å². The van der Waals surface area contributed by atoms with Crippen LogP contribution in [0.2, 0.25) is 0 Å². The topological polar surface area (TPSA) is 34.1 Å². The zero-order valence-corrected chi connectivity index (χ0v) is 20.6. The van der Waals surface area contributed by atoms with Gasteiger partial charge in [0.05, 0.1) is 0 Å². The molecular weight excluding hydrogens is 416 g/mol. The van der Waals surface area contributed by atoms with Crippen molar-refractivity contribution in [3.05, 3.63) is 95.1 Å². The van der Waals surface area contributed by atoms with Crippen LogP contribution in [0.3, 0.4) is 0 Å². The van der Waals surface area contributed by atoms with Crippen molar-refractivity contribution in [3.63, 3.8) is 0 Å². The SMILES string of the molecule is C#C/C(C=C)=C/C=C(/C=C/CCCC1CC(=O)C(c2c(C)cc(C#CC)cc2C)C1=O)CC=C. The minimum atomic E-state index is -0.631. The predicted octanol–water partition coefficient (Wildman–Crippen LogP) is 6.89. The number of rotatable bonds is 10. The van der Waals surface area contributed by atoms with Gasteiger partial charge in [-0.1, -0.05) is 48.8 Å². The van der Waals surface area contributed by atoms with Crippen LogP contribution in [0.4, 0.5) is 0 Å². The molecule has 0 aliphatic heterocycles. The molecule has 0 aromatic heterocycles. The molecule has 34 heavy (non-hydrogen) atoms. The highest BCUT2D eigenvalue weighted by Gasteiger charge is 2.42. The quantitative estimate of drug-likeness (QED) is 0.128. The molecule has 2 atom stereocenters. The van der Waals surface area contributed by atoms with Crippen molar-refractivity contribution in [1.29, 1.82) is 0 Å². The number of hydrogen-bond donors (Lipinski definition) is 0. The number of hydrogen-bond acceptors (Lipinski definition) is 2. The van der Waals surface area contributed by atoms with E-state index in [1.54, 1.807) is 13.0 Å². The minimum Gasteiger partial charge on any atom is -0.298 e. The van der Waals surface area contributed by atoms with E-state index in [9.17, 15) is 9.59 Å². The van der Waals surface area contributed by atoms with E-state index in [0.29, 0.717) is 6.42 Å². The van der Waals surface area contributed by atoms with Gasteiger partial charge in [0.2, 0.25) is 0 Å². The van der Waals surface area contributed by atoms with Crippen LogP contribution < -0.4 is 0 Å². The third kappa shape index (κ3) is 6.94. The van der Waals surface area contributed by atoms with E-state index in [1.807, 2.05) is 44.2 Å². The van der Waals surface area contributed by atoms with Crippen LogP contribution in [0.1, 0.15) is 67.2 Å². The Balaban J connectivity index is 2.02. The van der Waals surface area contributed by atoms with Gasteiger partial charge in [0, 0.05) is 23.5 Å². The molecule has 2 unspecified atom stereocenters. The summed E-state index contributed by atoms with van der Waals surface area (Å²) in [4.78, 5) is 26.0. The highest BCUT2D eigenvalue weighted by Crippen LogP contribution is 2.38. The monoisotopic (exact) mass is 450 g/mol. The Morgan fingerprint density at radius 1 is 1.18 bits per heavy atom. The van der Waals surface area contributed by atoms with Gasteiger partial charge in [-0.05, 0) is 86.9 Å². The average molecular weight is 451 g/mol. The Kier molecular flexibility index (Phi) is 10.3. The zero-order chi connectivity index (χ0) is 25.1. The number of carbonyl (C=O) groups is 2. The maximum absolute atomic E-state index is 13.2. The lowest BCUT2D eigenvalue weighted by molar-refractivity contribution is -0.124. The lowest BCUT2D eigenvalue weighted by Crippen LogP contribution is -2.17. The molecule has 2 rings (SSSR count). The van der Waals surface area contributed by atoms with Crippen LogP contribution in [0, 0.1) is 44.0 Å². The number of carbonyl (C=O) groups excluding carboxylic acids is 2. The van der Waals surface area contributed by atoms with Crippen molar-refractivity contribution in [3.8, 4) is 24.2 Å². The minimum absolute atomic E-state index is 0.0422. The lowest BCUT2D eigenvalue weighted by atomic mass is 9.86. The second-order valence-electron chi connectivity index (χ2n) is 8.64. The van der Waals surface area contributed by atoms with Crippen LogP contribution >= 0.6 is 0 Å². The molecule has 1 aromatic carbocycles. The van der Waals surface area contributed by atoms with Crippen molar-refractivity contribution in [2.24, 2.45) is 5.92 Å². The fourth-order valence-corrected chi connectivity index (χ4v) is 4.50. The maximum Gasteiger partial charge on any atom is 0.151 e. The van der Waals surface area contributed by atoms with E-state index in [-0.39, 0.29) is 17.5 Å². The summed E-state index contributed by atoms with van der Waals surface area (Å²) < 4.78 is 0. The molecule has 2 heteroatoms. The number of benzene rings is 1. The fourth-order valence-electron chi connectivity index (χ4n) is 4.50. The molecule has 0 N–H and O–H groups in total. The fraction of sp³-hybridized carbons (Fsp3) is 0.312. The molecule has 1 saturated carbocycles. The van der Waals surface area contributed by atoms with E-state index >= 15 is 0 Å². The first-order valence-electron chi connectivity index (χ1n) is 11.7. The van der Waals surface area contributed by atoms with Crippen molar-refractivity contribution < 1.29 is 9.59 Å². The first kappa shape index (κ1) is 26.6. The van der Waals surface area contributed by atoms with Gasteiger partial charge in [0.1, 0.15) is 11.7 Å². The molecule has 0 heterocycles. The Labute approximate surface area is 205 Å². The molecule has 1 aliphatic carbocycles. The lowest BCUT2D eigenvalue weighted by Gasteiger charge is -2.16. The smallest absolute Gasteiger partial charge is 0.151 e. The summed E-state index contributed by atoms with van der Waals surface area (Å²) in [5, 5.41) is 0. The van der Waals surface area contributed by atoms with Crippen LogP contribution in [-0.2, 0) is 9.59 Å². The summed E-state index contributed by atoms with van der Waals surface area (Å²) in [6.45, 7) is 13.2. The van der Waals surface area contributed by atoms with Crippen molar-refractivity contribution in [2.45, 2.75) is 58.8 Å². The summed E-state index contributed by atoms with van der Waals surface area (Å²) in [6, 6.07) is 3.95. The van der Waals surface area contributed by atoms with Crippen molar-refractivity contribution in [1.82, 2.24) is 0 Å². The Bertz CT molecular complexity index is 1130. The third-order valence-electron chi connectivity index (χ3n) is 6.11. The number of unbranched alkanes of at least 4 members (excludes halogenated alkanes) is 1. The second-order valence-corrected chi connectivity index (χ2v) is 8.64. The molecule has 2 nitrogen and oxygen atoms in total. The summed E-state index contributed by atoms with van der Waals surface area (Å²) in [5.74, 6) is 7.82. The molecule has 0 spiro atoms. The van der Waals surface area contributed by atoms with Gasteiger partial charge in [-0.2, -0.15) is 0 Å². The molecule has 1 fully saturated rings. The van der Waals surface area contributed by atoms with Gasteiger partial charge < -0.3 is 0 Å². The molecule has 0 amide bonds. The predicted molar refractivity (Wildman–Crippen MR) is 142 cm³/mol. The molecule has 1 aromatic rings. The van der Waals surface area contributed by atoms with Gasteiger partial charge in [0.25, 0.3) is 0 Å². The number of Topliss-reactive ketones (excluding diaryl/α,β-unsaturated/α-hetero) is 2. The van der Waals surface area contributed by atoms with E-state index in [4.69, 9.17) is 6.42 Å². The Hall–Kier alpha value is -3.62. The third-order valence-corrected chi connectivity index (χ3v) is 6.11. The number of allylic oxidation sites excluding steroid dienone is 8. The van der Waals surface area contributed by atoms with Crippen LogP contribution in [0.25, 0.3) is 0 Å². The zero-order valence-electron chi connectivity index (χ0n) is 20.6. The standard InChI is InChI=1S/C32H34O2/c1-7-14-26(19-18-25(9-3)10-4)16-12-11-13-17-28-22-29(33)31(32(28)34)30-23(5)20-27(15-8-2)21-24(30)6/h3,7,10,12,16,18-21,28,31H,1,4,11,13-14,17,22H2,2,5-6H3/b16-12+,25-18-,26-19+. The van der Waals surface area contributed by atoms with Crippen molar-refractivity contribution in [2.75, 3.05) is 0 Å². The van der Waals surface area contributed by atoms with Crippen LogP contribution in [0.5, 0.6) is 0 Å². The normalized spacial score (nSPS) is 18.5. The number of terminal acetylenes is 1. The molecule has 0 saturated heterocycles. The number of aryl methyl sites for hydroxylation is 2. The molecule has 0 bridgehead atoms. The summed E-state index contributed by atoms with van der Waals surface area (Å²) in [6.07, 6.45) is 20.4. The Morgan fingerprint density at radius 2 is 1.88 bits per heavy atom. The highest BCUT2D eigenvalue weighted by molar-refractivity contribution is 6.15. The van der Waals surface area contributed by atoms with Gasteiger partial charge in [0.15, 0.2) is 5.78 Å². The number of ketones is 2. The summed E-state index contributed by atoms with van der Waals surface area (Å²) >= 11 is 0. The van der Waals surface area contributed by atoms with E-state index in [2.05, 4.69) is 43.1 Å². The Morgan fingerprint density at radius 3 is 2.47 bits per heavy atom. The van der Waals surface area contributed by atoms with Crippen LogP contribution in [0.15, 0.2) is 72.9 Å². The first-order chi connectivity index (χ1) is 16.4. The van der Waals surface area contributed by atoms with Gasteiger partial charge >= 0.3 is 0 Å².